The highest BCUT2D eigenvalue weighted by Gasteiger charge is 2.21. The molecule has 0 amide bonds. The number of rotatable bonds is 34. The van der Waals surface area contributed by atoms with Crippen LogP contribution in [0.3, 0.4) is 0 Å². The van der Waals surface area contributed by atoms with E-state index in [9.17, 15) is 19.0 Å². The molecule has 0 aromatic rings. The first kappa shape index (κ1) is 47.2. The molecule has 0 bridgehead atoms. The number of carbonyl (C=O) groups is 2. The number of quaternary nitrogens is 1. The molecule has 0 aromatic heterocycles. The Morgan fingerprint density at radius 2 is 1.10 bits per heavy atom. The van der Waals surface area contributed by atoms with Gasteiger partial charge < -0.3 is 27.9 Å². The molecule has 2 atom stereocenters. The number of ether oxygens (including phenoxy) is 2. The third-order valence-electron chi connectivity index (χ3n) is 7.88. The highest BCUT2D eigenvalue weighted by Crippen LogP contribution is 2.38. The van der Waals surface area contributed by atoms with Crippen LogP contribution in [-0.4, -0.2) is 70.0 Å². The molecule has 0 saturated heterocycles. The summed E-state index contributed by atoms with van der Waals surface area (Å²) in [5.74, 6) is -0.867. The fourth-order valence-corrected chi connectivity index (χ4v) is 5.50. The number of carbonyl (C=O) groups excluding carboxylic acids is 2. The lowest BCUT2D eigenvalue weighted by Gasteiger charge is -2.28. The quantitative estimate of drug-likeness (QED) is 0.0213. The van der Waals surface area contributed by atoms with E-state index in [1.54, 1.807) is 0 Å². The average molecular weight is 714 g/mol. The van der Waals surface area contributed by atoms with E-state index in [1.807, 2.05) is 21.1 Å². The number of phosphoric ester groups is 1. The van der Waals surface area contributed by atoms with Gasteiger partial charge in [-0.25, -0.2) is 0 Å². The van der Waals surface area contributed by atoms with Crippen molar-refractivity contribution in [3.63, 3.8) is 0 Å². The number of esters is 2. The van der Waals surface area contributed by atoms with Crippen molar-refractivity contribution in [2.75, 3.05) is 47.5 Å². The molecule has 0 radical (unpaired) electrons. The van der Waals surface area contributed by atoms with Crippen molar-refractivity contribution < 1.29 is 42.1 Å². The number of unbranched alkanes of at least 4 members (excludes halogenated alkanes) is 14. The molecule has 49 heavy (non-hydrogen) atoms. The number of hydrogen-bond acceptors (Lipinski definition) is 8. The fraction of sp³-hybridized carbons (Fsp3) is 0.795. The van der Waals surface area contributed by atoms with Crippen LogP contribution in [0.4, 0.5) is 0 Å². The van der Waals surface area contributed by atoms with E-state index in [0.717, 1.165) is 89.9 Å². The molecule has 286 valence electrons. The lowest BCUT2D eigenvalue weighted by Crippen LogP contribution is -2.37. The monoisotopic (exact) mass is 713 g/mol. The van der Waals surface area contributed by atoms with Gasteiger partial charge in [-0.3, -0.25) is 14.2 Å². The average Bonchev–Trinajstić information content (AvgIpc) is 3.04. The van der Waals surface area contributed by atoms with Gasteiger partial charge in [0.25, 0.3) is 7.82 Å². The second-order valence-corrected chi connectivity index (χ2v) is 15.3. The highest BCUT2D eigenvalue weighted by molar-refractivity contribution is 7.45. The topological polar surface area (TPSA) is 111 Å². The zero-order chi connectivity index (χ0) is 36.5. The maximum Gasteiger partial charge on any atom is 0.306 e. The van der Waals surface area contributed by atoms with Gasteiger partial charge in [-0.15, -0.1) is 0 Å². The summed E-state index contributed by atoms with van der Waals surface area (Å²) >= 11 is 0. The molecule has 9 nitrogen and oxygen atoms in total. The van der Waals surface area contributed by atoms with Gasteiger partial charge >= 0.3 is 11.9 Å². The zero-order valence-electron chi connectivity index (χ0n) is 31.9. The second-order valence-electron chi connectivity index (χ2n) is 13.9. The van der Waals surface area contributed by atoms with Gasteiger partial charge in [-0.2, -0.15) is 0 Å². The Bertz CT molecular complexity index is 944. The van der Waals surface area contributed by atoms with Crippen LogP contribution >= 0.6 is 7.82 Å². The second kappa shape index (κ2) is 32.2. The summed E-state index contributed by atoms with van der Waals surface area (Å²) in [5.41, 5.74) is 0. The molecule has 0 aliphatic heterocycles. The van der Waals surface area contributed by atoms with E-state index in [4.69, 9.17) is 18.5 Å². The predicted molar refractivity (Wildman–Crippen MR) is 199 cm³/mol. The van der Waals surface area contributed by atoms with Gasteiger partial charge in [-0.05, 0) is 57.8 Å². The number of likely N-dealkylation sites (N-methyl/N-ethyl adjacent to an activating group) is 1. The van der Waals surface area contributed by atoms with Crippen LogP contribution in [0.25, 0.3) is 0 Å². The third kappa shape index (κ3) is 35.8. The summed E-state index contributed by atoms with van der Waals surface area (Å²) in [6.45, 7) is 4.09. The molecule has 0 rings (SSSR count). The molecule has 0 saturated carbocycles. The Balaban J connectivity index is 4.48. The number of nitrogens with zero attached hydrogens (tertiary/aromatic N) is 1. The maximum atomic E-state index is 12.6. The molecule has 0 spiro atoms. The predicted octanol–water partition coefficient (Wildman–Crippen LogP) is 9.55. The smallest absolute Gasteiger partial charge is 0.306 e. The minimum absolute atomic E-state index is 0.0356. The Kier molecular flexibility index (Phi) is 31.0. The molecule has 1 unspecified atom stereocenters. The molecule has 0 fully saturated rings. The summed E-state index contributed by atoms with van der Waals surface area (Å²) in [7, 11) is 1.14. The Morgan fingerprint density at radius 1 is 0.633 bits per heavy atom. The largest absolute Gasteiger partial charge is 0.756 e. The van der Waals surface area contributed by atoms with Crippen molar-refractivity contribution >= 4 is 19.8 Å². The Labute approximate surface area is 300 Å². The van der Waals surface area contributed by atoms with E-state index in [-0.39, 0.29) is 26.1 Å². The van der Waals surface area contributed by atoms with Crippen molar-refractivity contribution in [3.05, 3.63) is 36.5 Å². The molecule has 0 N–H and O–H groups in total. The van der Waals surface area contributed by atoms with Crippen molar-refractivity contribution in [1.82, 2.24) is 0 Å². The molecule has 10 heteroatoms. The first-order valence-corrected chi connectivity index (χ1v) is 20.7. The molecule has 0 aliphatic carbocycles. The Hall–Kier alpha value is -1.77. The summed E-state index contributed by atoms with van der Waals surface area (Å²) in [6.07, 6.45) is 33.1. The first-order chi connectivity index (χ1) is 23.5. The standard InChI is InChI=1S/C39H72NO8P/c1-6-8-10-12-14-16-18-19-20-22-24-26-28-30-32-39(42)48-37(36-47-49(43,44)46-34-33-40(3,4)5)35-45-38(41)31-29-27-25-23-21-17-15-13-11-9-7-2/h12-15,18-19,37H,6-11,16-17,20-36H2,1-5H3/b14-12+,15-13+,19-18+/t37-/m1/s1. The van der Waals surface area contributed by atoms with Gasteiger partial charge in [0.15, 0.2) is 6.10 Å². The van der Waals surface area contributed by atoms with Crippen LogP contribution in [0.15, 0.2) is 36.5 Å². The summed E-state index contributed by atoms with van der Waals surface area (Å²) < 4.78 is 33.7. The highest BCUT2D eigenvalue weighted by atomic mass is 31.2. The van der Waals surface area contributed by atoms with E-state index >= 15 is 0 Å². The summed E-state index contributed by atoms with van der Waals surface area (Å²) in [6, 6.07) is 0. The van der Waals surface area contributed by atoms with Crippen LogP contribution in [0.5, 0.6) is 0 Å². The van der Waals surface area contributed by atoms with Gasteiger partial charge in [0.1, 0.15) is 19.8 Å². The molecule has 0 aromatic carbocycles. The van der Waals surface area contributed by atoms with Crippen LogP contribution < -0.4 is 4.89 Å². The summed E-state index contributed by atoms with van der Waals surface area (Å²) in [5, 5.41) is 0. The van der Waals surface area contributed by atoms with Crippen LogP contribution in [0, 0.1) is 0 Å². The van der Waals surface area contributed by atoms with E-state index in [0.29, 0.717) is 17.4 Å². The fourth-order valence-electron chi connectivity index (χ4n) is 4.77. The molecule has 0 aliphatic rings. The van der Waals surface area contributed by atoms with E-state index in [2.05, 4.69) is 50.3 Å². The van der Waals surface area contributed by atoms with Crippen LogP contribution in [-0.2, 0) is 32.7 Å². The first-order valence-electron chi connectivity index (χ1n) is 19.2. The minimum atomic E-state index is -4.62. The molecular formula is C39H72NO8P. The maximum absolute atomic E-state index is 12.6. The van der Waals surface area contributed by atoms with Crippen LogP contribution in [0.2, 0.25) is 0 Å². The van der Waals surface area contributed by atoms with Crippen LogP contribution in [0.1, 0.15) is 149 Å². The van der Waals surface area contributed by atoms with Crippen molar-refractivity contribution in [3.8, 4) is 0 Å². The van der Waals surface area contributed by atoms with Crippen molar-refractivity contribution in [1.29, 1.82) is 0 Å². The van der Waals surface area contributed by atoms with Gasteiger partial charge in [0.2, 0.25) is 0 Å². The summed E-state index contributed by atoms with van der Waals surface area (Å²) in [4.78, 5) is 37.3. The lowest BCUT2D eigenvalue weighted by atomic mass is 10.1. The number of phosphoric acid groups is 1. The Morgan fingerprint density at radius 3 is 1.63 bits per heavy atom. The van der Waals surface area contributed by atoms with E-state index in [1.165, 1.54) is 25.7 Å². The SMILES string of the molecule is CCCC/C=C/C/C=C/CCCCCCCC(=O)O[C@H](COC(=O)CCCCCCC/C=C/CCCC)COP(=O)([O-])OCC[N+](C)(C)C. The number of hydrogen-bond donors (Lipinski definition) is 0. The van der Waals surface area contributed by atoms with Crippen molar-refractivity contribution in [2.24, 2.45) is 0 Å². The van der Waals surface area contributed by atoms with Gasteiger partial charge in [-0.1, -0.05) is 115 Å². The molecule has 0 heterocycles. The van der Waals surface area contributed by atoms with Gasteiger partial charge in [0, 0.05) is 12.8 Å². The third-order valence-corrected chi connectivity index (χ3v) is 8.85. The van der Waals surface area contributed by atoms with E-state index < -0.39 is 32.5 Å². The van der Waals surface area contributed by atoms with Crippen molar-refractivity contribution in [2.45, 2.75) is 155 Å². The molecular weight excluding hydrogens is 641 g/mol. The lowest BCUT2D eigenvalue weighted by molar-refractivity contribution is -0.870. The minimum Gasteiger partial charge on any atom is -0.756 e. The normalized spacial score (nSPS) is 14.2. The zero-order valence-corrected chi connectivity index (χ0v) is 32.8. The number of allylic oxidation sites excluding steroid dienone is 6. The van der Waals surface area contributed by atoms with Gasteiger partial charge in [0.05, 0.1) is 27.7 Å².